The second kappa shape index (κ2) is 7.35. The van der Waals surface area contributed by atoms with Gasteiger partial charge in [-0.25, -0.2) is 19.2 Å². The number of halogens is 3. The van der Waals surface area contributed by atoms with Gasteiger partial charge in [0.25, 0.3) is 0 Å². The average Bonchev–Trinajstić information content (AvgIpc) is 2.84. The number of amides is 1. The maximum Gasteiger partial charge on any atom is 0.411 e. The van der Waals surface area contributed by atoms with E-state index in [2.05, 4.69) is 9.97 Å². The molecule has 30 heavy (non-hydrogen) atoms. The summed E-state index contributed by atoms with van der Waals surface area (Å²) in [4.78, 5) is 24.6. The number of aromatic nitrogens is 2. The van der Waals surface area contributed by atoms with Crippen LogP contribution in [0.15, 0.2) is 6.20 Å². The molecule has 0 saturated carbocycles. The second-order valence-corrected chi connectivity index (χ2v) is 9.54. The number of aryl methyl sites for hydroxylation is 1. The van der Waals surface area contributed by atoms with Crippen LogP contribution in [0.4, 0.5) is 15.0 Å². The fourth-order valence-electron chi connectivity index (χ4n) is 4.29. The highest BCUT2D eigenvalue weighted by Gasteiger charge is 2.49. The van der Waals surface area contributed by atoms with Crippen LogP contribution in [0.2, 0.25) is 10.3 Å². The summed E-state index contributed by atoms with van der Waals surface area (Å²) in [6.45, 7) is 7.79. The first-order valence-corrected chi connectivity index (χ1v) is 10.5. The number of anilines is 1. The zero-order chi connectivity index (χ0) is 22.0. The predicted molar refractivity (Wildman–Crippen MR) is 113 cm³/mol. The molecule has 0 spiro atoms. The minimum absolute atomic E-state index is 0.168. The Morgan fingerprint density at radius 3 is 2.63 bits per heavy atom. The summed E-state index contributed by atoms with van der Waals surface area (Å²) < 4.78 is 20.3. The molecule has 7 nitrogen and oxygen atoms in total. The van der Waals surface area contributed by atoms with Crippen molar-refractivity contribution in [2.75, 3.05) is 18.0 Å². The number of carbonyl (C=O) groups excluding carboxylic acids is 1. The van der Waals surface area contributed by atoms with Crippen LogP contribution < -0.4 is 4.90 Å². The zero-order valence-corrected chi connectivity index (χ0v) is 18.6. The monoisotopic (exact) mass is 456 g/mol. The Hall–Kier alpha value is -1.90. The van der Waals surface area contributed by atoms with Crippen molar-refractivity contribution in [1.82, 2.24) is 14.9 Å². The minimum atomic E-state index is -0.691. The normalized spacial score (nSPS) is 23.9. The van der Waals surface area contributed by atoms with Gasteiger partial charge in [0.05, 0.1) is 18.2 Å². The molecule has 2 bridgehead atoms. The molecular weight excluding hydrogens is 434 g/mol. The third-order valence-corrected chi connectivity index (χ3v) is 6.19. The Morgan fingerprint density at radius 2 is 2.00 bits per heavy atom. The highest BCUT2D eigenvalue weighted by molar-refractivity contribution is 6.32. The zero-order valence-electron chi connectivity index (χ0n) is 17.1. The fraction of sp³-hybridized carbons (Fsp3) is 0.550. The maximum atomic E-state index is 14.7. The largest absolute Gasteiger partial charge is 0.444 e. The van der Waals surface area contributed by atoms with Crippen LogP contribution in [0.3, 0.4) is 0 Å². The van der Waals surface area contributed by atoms with E-state index < -0.39 is 29.7 Å². The van der Waals surface area contributed by atoms with Crippen molar-refractivity contribution in [2.45, 2.75) is 57.9 Å². The van der Waals surface area contributed by atoms with E-state index in [0.29, 0.717) is 36.3 Å². The van der Waals surface area contributed by atoms with Crippen molar-refractivity contribution in [1.29, 1.82) is 0 Å². The Labute approximate surface area is 183 Å². The van der Waals surface area contributed by atoms with Crippen LogP contribution in [0, 0.1) is 12.7 Å². The van der Waals surface area contributed by atoms with E-state index in [1.54, 1.807) is 32.6 Å². The number of pyridine rings is 2. The first kappa shape index (κ1) is 21.3. The van der Waals surface area contributed by atoms with Gasteiger partial charge >= 0.3 is 6.09 Å². The summed E-state index contributed by atoms with van der Waals surface area (Å²) in [6.07, 6.45) is 0.762. The Balaban J connectivity index is 1.72. The van der Waals surface area contributed by atoms with Crippen LogP contribution in [0.5, 0.6) is 0 Å². The van der Waals surface area contributed by atoms with Gasteiger partial charge in [0.1, 0.15) is 16.6 Å². The molecule has 1 amide bonds. The van der Waals surface area contributed by atoms with Gasteiger partial charge in [0.15, 0.2) is 11.0 Å². The van der Waals surface area contributed by atoms with E-state index in [0.717, 1.165) is 0 Å². The van der Waals surface area contributed by atoms with Crippen LogP contribution in [0.25, 0.3) is 10.8 Å². The number of fused-ring (bicyclic) bond motifs is 3. The lowest BCUT2D eigenvalue weighted by molar-refractivity contribution is 0.00605. The molecule has 10 heteroatoms. The molecule has 2 saturated heterocycles. The lowest BCUT2D eigenvalue weighted by Crippen LogP contribution is -2.58. The van der Waals surface area contributed by atoms with Crippen molar-refractivity contribution in [3.05, 3.63) is 27.9 Å². The Morgan fingerprint density at radius 1 is 1.30 bits per heavy atom. The van der Waals surface area contributed by atoms with Crippen LogP contribution in [0.1, 0.15) is 32.8 Å². The number of hydrogen-bond acceptors (Lipinski definition) is 6. The number of aliphatic hydroxyl groups is 1. The van der Waals surface area contributed by atoms with Gasteiger partial charge in [0, 0.05) is 30.1 Å². The molecule has 1 N–H and O–H groups in total. The summed E-state index contributed by atoms with van der Waals surface area (Å²) in [6, 6.07) is -0.740. The van der Waals surface area contributed by atoms with E-state index in [1.165, 1.54) is 6.20 Å². The molecule has 0 radical (unpaired) electrons. The summed E-state index contributed by atoms with van der Waals surface area (Å²) in [5.74, 6) is -0.191. The van der Waals surface area contributed by atoms with Crippen LogP contribution in [-0.2, 0) is 4.74 Å². The molecule has 2 aromatic heterocycles. The molecule has 2 aliphatic rings. The first-order valence-electron chi connectivity index (χ1n) is 9.72. The van der Waals surface area contributed by atoms with Crippen molar-refractivity contribution < 1.29 is 19.0 Å². The molecule has 0 unspecified atom stereocenters. The number of rotatable bonds is 1. The van der Waals surface area contributed by atoms with E-state index in [1.807, 2.05) is 4.90 Å². The number of piperazine rings is 1. The highest BCUT2D eigenvalue weighted by Crippen LogP contribution is 2.39. The lowest BCUT2D eigenvalue weighted by atomic mass is 10.1. The molecule has 2 fully saturated rings. The summed E-state index contributed by atoms with van der Waals surface area (Å²) in [5, 5.41) is 11.3. The number of nitrogens with zero attached hydrogens (tertiary/aromatic N) is 4. The van der Waals surface area contributed by atoms with Gasteiger partial charge in [-0.15, -0.1) is 0 Å². The molecule has 162 valence electrons. The quantitative estimate of drug-likeness (QED) is 0.654. The van der Waals surface area contributed by atoms with E-state index in [9.17, 15) is 14.3 Å². The van der Waals surface area contributed by atoms with Gasteiger partial charge in [-0.1, -0.05) is 23.2 Å². The fourth-order valence-corrected chi connectivity index (χ4v) is 4.60. The number of aliphatic hydroxyl groups excluding tert-OH is 1. The van der Waals surface area contributed by atoms with E-state index in [4.69, 9.17) is 27.9 Å². The van der Waals surface area contributed by atoms with E-state index in [-0.39, 0.29) is 21.7 Å². The minimum Gasteiger partial charge on any atom is -0.444 e. The maximum absolute atomic E-state index is 14.7. The van der Waals surface area contributed by atoms with Crippen LogP contribution >= 0.6 is 23.2 Å². The summed E-state index contributed by atoms with van der Waals surface area (Å²) >= 11 is 12.2. The summed E-state index contributed by atoms with van der Waals surface area (Å²) in [7, 11) is 0. The standard InChI is InChI=1S/C20H23Cl2FN4O3/c1-9-14-11(6-24-17(22)15(14)23)18(25-16(9)21)26-7-10-5-13(28)12(8-26)27(10)19(29)30-20(2,3)4/h6,10,12-13,28H,5,7-8H2,1-4H3/t10-,12-,13-/m1/s1. The van der Waals surface area contributed by atoms with Crippen molar-refractivity contribution >= 4 is 45.9 Å². The average molecular weight is 457 g/mol. The van der Waals surface area contributed by atoms with Gasteiger partial charge in [-0.2, -0.15) is 0 Å². The number of carbonyl (C=O) groups is 1. The molecule has 0 aromatic carbocycles. The Bertz CT molecular complexity index is 1020. The van der Waals surface area contributed by atoms with Gasteiger partial charge in [-0.05, 0) is 39.7 Å². The van der Waals surface area contributed by atoms with E-state index >= 15 is 0 Å². The smallest absolute Gasteiger partial charge is 0.411 e. The molecule has 2 aliphatic heterocycles. The van der Waals surface area contributed by atoms with Gasteiger partial charge < -0.3 is 14.7 Å². The SMILES string of the molecule is Cc1c(Cl)nc(N2C[C@H]3C[C@@H](O)[C@@H](C2)N3C(=O)OC(C)(C)C)c2cnc(Cl)c(F)c12. The lowest BCUT2D eigenvalue weighted by Gasteiger charge is -2.42. The van der Waals surface area contributed by atoms with Gasteiger partial charge in [-0.3, -0.25) is 4.90 Å². The molecule has 4 rings (SSSR count). The first-order chi connectivity index (χ1) is 14.0. The van der Waals surface area contributed by atoms with Crippen molar-refractivity contribution in [3.63, 3.8) is 0 Å². The molecule has 0 aliphatic carbocycles. The topological polar surface area (TPSA) is 78.8 Å². The predicted octanol–water partition coefficient (Wildman–Crippen LogP) is 3.94. The van der Waals surface area contributed by atoms with Crippen LogP contribution in [-0.4, -0.2) is 62.9 Å². The molecular formula is C20H23Cl2FN4O3. The van der Waals surface area contributed by atoms with Crippen molar-refractivity contribution in [2.24, 2.45) is 0 Å². The highest BCUT2D eigenvalue weighted by atomic mass is 35.5. The summed E-state index contributed by atoms with van der Waals surface area (Å²) in [5.41, 5.74) is -0.156. The third-order valence-electron chi connectivity index (χ3n) is 5.56. The molecule has 3 atom stereocenters. The molecule has 4 heterocycles. The van der Waals surface area contributed by atoms with Gasteiger partial charge in [0.2, 0.25) is 0 Å². The molecule has 2 aromatic rings. The number of ether oxygens (including phenoxy) is 1. The second-order valence-electron chi connectivity index (χ2n) is 8.82. The third kappa shape index (κ3) is 3.55. The number of hydrogen-bond donors (Lipinski definition) is 1. The Kier molecular flexibility index (Phi) is 5.23. The van der Waals surface area contributed by atoms with Crippen molar-refractivity contribution in [3.8, 4) is 0 Å².